The fraction of sp³-hybridized carbons (Fsp3) is 0.571. The van der Waals surface area contributed by atoms with Gasteiger partial charge in [0.15, 0.2) is 0 Å². The molecule has 1 aromatic rings. The van der Waals surface area contributed by atoms with E-state index in [9.17, 15) is 5.11 Å². The molecule has 0 fully saturated rings. The Labute approximate surface area is 104 Å². The van der Waals surface area contributed by atoms with Gasteiger partial charge in [0.1, 0.15) is 0 Å². The number of nitrogens with one attached hydrogen (secondary N) is 1. The van der Waals surface area contributed by atoms with E-state index < -0.39 is 6.10 Å². The second-order valence-corrected chi connectivity index (χ2v) is 5.31. The van der Waals surface area contributed by atoms with E-state index in [0.29, 0.717) is 6.61 Å². The van der Waals surface area contributed by atoms with Crippen LogP contribution in [0.15, 0.2) is 30.3 Å². The Morgan fingerprint density at radius 1 is 1.24 bits per heavy atom. The first-order valence-electron chi connectivity index (χ1n) is 5.93. The summed E-state index contributed by atoms with van der Waals surface area (Å²) >= 11 is 0. The molecule has 1 aromatic carbocycles. The van der Waals surface area contributed by atoms with Crippen LogP contribution in [0.4, 0.5) is 0 Å². The first-order chi connectivity index (χ1) is 7.94. The average Bonchev–Trinajstić information content (AvgIpc) is 2.27. The largest absolute Gasteiger partial charge is 0.387 e. The summed E-state index contributed by atoms with van der Waals surface area (Å²) in [6.45, 7) is 6.71. The first-order valence-corrected chi connectivity index (χ1v) is 5.93. The molecule has 2 atom stereocenters. The second kappa shape index (κ2) is 6.15. The molecule has 0 aliphatic rings. The highest BCUT2D eigenvalue weighted by atomic mass is 16.5. The summed E-state index contributed by atoms with van der Waals surface area (Å²) < 4.78 is 5.17. The molecule has 96 valence electrons. The summed E-state index contributed by atoms with van der Waals surface area (Å²) in [4.78, 5) is 0. The fourth-order valence-corrected chi connectivity index (χ4v) is 1.83. The van der Waals surface area contributed by atoms with Crippen molar-refractivity contribution in [2.45, 2.75) is 38.5 Å². The normalized spacial score (nSPS) is 15.6. The molecule has 3 nitrogen and oxygen atoms in total. The first kappa shape index (κ1) is 14.2. The van der Waals surface area contributed by atoms with Crippen LogP contribution in [0, 0.1) is 0 Å². The monoisotopic (exact) mass is 237 g/mol. The molecule has 2 unspecified atom stereocenters. The van der Waals surface area contributed by atoms with Crippen molar-refractivity contribution < 1.29 is 9.84 Å². The van der Waals surface area contributed by atoms with Crippen molar-refractivity contribution in [3.63, 3.8) is 0 Å². The second-order valence-electron chi connectivity index (χ2n) is 5.31. The quantitative estimate of drug-likeness (QED) is 0.824. The van der Waals surface area contributed by atoms with Gasteiger partial charge >= 0.3 is 0 Å². The van der Waals surface area contributed by atoms with Crippen LogP contribution in [0.3, 0.4) is 0 Å². The van der Waals surface area contributed by atoms with E-state index in [0.717, 1.165) is 5.56 Å². The molecule has 0 saturated heterocycles. The lowest BCUT2D eigenvalue weighted by molar-refractivity contribution is 0.0574. The number of ether oxygens (including phenoxy) is 1. The van der Waals surface area contributed by atoms with Crippen LogP contribution in [0.1, 0.15) is 32.4 Å². The molecular weight excluding hydrogens is 214 g/mol. The molecule has 0 aliphatic carbocycles. The Hall–Kier alpha value is -0.900. The third kappa shape index (κ3) is 4.86. The lowest BCUT2D eigenvalue weighted by Gasteiger charge is -2.31. The van der Waals surface area contributed by atoms with Crippen molar-refractivity contribution in [3.05, 3.63) is 35.9 Å². The highest BCUT2D eigenvalue weighted by Crippen LogP contribution is 2.18. The molecule has 0 amide bonds. The van der Waals surface area contributed by atoms with Gasteiger partial charge in [-0.1, -0.05) is 30.3 Å². The molecule has 0 heterocycles. The molecule has 2 N–H and O–H groups in total. The lowest BCUT2D eigenvalue weighted by atomic mass is 9.99. The summed E-state index contributed by atoms with van der Waals surface area (Å²) in [6.07, 6.45) is -0.560. The van der Waals surface area contributed by atoms with Gasteiger partial charge in [-0.2, -0.15) is 0 Å². The van der Waals surface area contributed by atoms with E-state index in [1.54, 1.807) is 7.11 Å². The molecule has 0 aromatic heterocycles. The predicted molar refractivity (Wildman–Crippen MR) is 70.0 cm³/mol. The Morgan fingerprint density at radius 3 is 2.29 bits per heavy atom. The third-order valence-corrected chi connectivity index (χ3v) is 2.49. The number of aliphatic hydroxyl groups excluding tert-OH is 1. The molecule has 0 saturated carbocycles. The number of rotatable bonds is 5. The van der Waals surface area contributed by atoms with Crippen LogP contribution in [0.5, 0.6) is 0 Å². The van der Waals surface area contributed by atoms with Crippen LogP contribution in [0.25, 0.3) is 0 Å². The highest BCUT2D eigenvalue weighted by molar-refractivity contribution is 5.19. The Morgan fingerprint density at radius 2 is 1.82 bits per heavy atom. The summed E-state index contributed by atoms with van der Waals surface area (Å²) in [5.74, 6) is 0. The minimum atomic E-state index is -0.560. The molecule has 3 heteroatoms. The predicted octanol–water partition coefficient (Wildman–Crippen LogP) is 2.12. The standard InChI is InChI=1S/C14H23NO2/c1-14(2,3)15-12(10-17-4)13(16)11-8-6-5-7-9-11/h5-9,12-13,15-16H,10H2,1-4H3. The maximum atomic E-state index is 10.3. The smallest absolute Gasteiger partial charge is 0.0965 e. The zero-order valence-corrected chi connectivity index (χ0v) is 11.1. The van der Waals surface area contributed by atoms with Crippen molar-refractivity contribution in [2.24, 2.45) is 0 Å². The van der Waals surface area contributed by atoms with Gasteiger partial charge < -0.3 is 15.2 Å². The van der Waals surface area contributed by atoms with Crippen LogP contribution in [-0.4, -0.2) is 30.4 Å². The molecular formula is C14H23NO2. The van der Waals surface area contributed by atoms with Crippen molar-refractivity contribution in [1.29, 1.82) is 0 Å². The molecule has 0 aliphatic heterocycles. The maximum Gasteiger partial charge on any atom is 0.0965 e. The number of aliphatic hydroxyl groups is 1. The van der Waals surface area contributed by atoms with Crippen molar-refractivity contribution in [2.75, 3.05) is 13.7 Å². The SMILES string of the molecule is COCC(NC(C)(C)C)C(O)c1ccccc1. The van der Waals surface area contributed by atoms with Gasteiger partial charge in [-0.3, -0.25) is 0 Å². The Bertz CT molecular complexity index is 319. The van der Waals surface area contributed by atoms with Crippen molar-refractivity contribution >= 4 is 0 Å². The van der Waals surface area contributed by atoms with Crippen molar-refractivity contribution in [3.8, 4) is 0 Å². The van der Waals surface area contributed by atoms with E-state index in [2.05, 4.69) is 26.1 Å². The van der Waals surface area contributed by atoms with Gasteiger partial charge in [-0.05, 0) is 26.3 Å². The highest BCUT2D eigenvalue weighted by Gasteiger charge is 2.24. The molecule has 0 spiro atoms. The van der Waals surface area contributed by atoms with E-state index >= 15 is 0 Å². The number of methoxy groups -OCH3 is 1. The third-order valence-electron chi connectivity index (χ3n) is 2.49. The van der Waals surface area contributed by atoms with Crippen LogP contribution < -0.4 is 5.32 Å². The molecule has 17 heavy (non-hydrogen) atoms. The van der Waals surface area contributed by atoms with Crippen molar-refractivity contribution in [1.82, 2.24) is 5.32 Å². The van der Waals surface area contributed by atoms with Gasteiger partial charge in [0.2, 0.25) is 0 Å². The van der Waals surface area contributed by atoms with Crippen LogP contribution >= 0.6 is 0 Å². The minimum Gasteiger partial charge on any atom is -0.387 e. The summed E-state index contributed by atoms with van der Waals surface area (Å²) in [7, 11) is 1.65. The Kier molecular flexibility index (Phi) is 5.12. The number of hydrogen-bond donors (Lipinski definition) is 2. The average molecular weight is 237 g/mol. The minimum absolute atomic E-state index is 0.0566. The molecule has 0 bridgehead atoms. The van der Waals surface area contributed by atoms with Crippen LogP contribution in [0.2, 0.25) is 0 Å². The van der Waals surface area contributed by atoms with E-state index in [1.165, 1.54) is 0 Å². The number of hydrogen-bond acceptors (Lipinski definition) is 3. The maximum absolute atomic E-state index is 10.3. The Balaban J connectivity index is 2.77. The topological polar surface area (TPSA) is 41.5 Å². The van der Waals surface area contributed by atoms with Gasteiger partial charge in [-0.15, -0.1) is 0 Å². The van der Waals surface area contributed by atoms with Gasteiger partial charge in [0, 0.05) is 12.6 Å². The fourth-order valence-electron chi connectivity index (χ4n) is 1.83. The van der Waals surface area contributed by atoms with E-state index in [1.807, 2.05) is 30.3 Å². The molecule has 0 radical (unpaired) electrons. The zero-order valence-electron chi connectivity index (χ0n) is 11.1. The van der Waals surface area contributed by atoms with Gasteiger partial charge in [0.05, 0.1) is 18.8 Å². The summed E-state index contributed by atoms with van der Waals surface area (Å²) in [6, 6.07) is 9.55. The van der Waals surface area contributed by atoms with E-state index in [-0.39, 0.29) is 11.6 Å². The summed E-state index contributed by atoms with van der Waals surface area (Å²) in [5.41, 5.74) is 0.852. The number of benzene rings is 1. The lowest BCUT2D eigenvalue weighted by Crippen LogP contribution is -2.48. The zero-order chi connectivity index (χ0) is 12.9. The van der Waals surface area contributed by atoms with Gasteiger partial charge in [0.25, 0.3) is 0 Å². The van der Waals surface area contributed by atoms with Gasteiger partial charge in [-0.25, -0.2) is 0 Å². The van der Waals surface area contributed by atoms with Crippen LogP contribution in [-0.2, 0) is 4.74 Å². The summed E-state index contributed by atoms with van der Waals surface area (Å²) in [5, 5.41) is 13.7. The molecule has 1 rings (SSSR count). The van der Waals surface area contributed by atoms with E-state index in [4.69, 9.17) is 4.74 Å².